The van der Waals surface area contributed by atoms with Crippen LogP contribution in [0.3, 0.4) is 0 Å². The third-order valence-electron chi connectivity index (χ3n) is 1.51. The number of thioether (sulfide) groups is 1. The molecule has 1 heterocycles. The normalized spacial score (nSPS) is 10.6. The smallest absolute Gasteiger partial charge is 0.256 e. The van der Waals surface area contributed by atoms with Crippen molar-refractivity contribution >= 4 is 23.4 Å². The molecule has 2 nitrogen and oxygen atoms in total. The van der Waals surface area contributed by atoms with Gasteiger partial charge >= 0.3 is 0 Å². The molecule has 0 aromatic carbocycles. The highest BCUT2D eigenvalue weighted by molar-refractivity contribution is 7.99. The molecule has 0 aliphatic rings. The third kappa shape index (κ3) is 2.72. The summed E-state index contributed by atoms with van der Waals surface area (Å²) in [5.74, 6) is 2.58. The molecular formula is C8H12ClNOS. The first-order valence-electron chi connectivity index (χ1n) is 3.87. The van der Waals surface area contributed by atoms with E-state index < -0.39 is 0 Å². The van der Waals surface area contributed by atoms with E-state index in [2.05, 4.69) is 4.98 Å². The van der Waals surface area contributed by atoms with Gasteiger partial charge in [-0.15, -0.1) is 11.6 Å². The molecule has 0 amide bonds. The van der Waals surface area contributed by atoms with E-state index in [0.29, 0.717) is 5.88 Å². The van der Waals surface area contributed by atoms with Crippen LogP contribution in [0.25, 0.3) is 0 Å². The van der Waals surface area contributed by atoms with Crippen LogP contribution in [0.1, 0.15) is 17.9 Å². The summed E-state index contributed by atoms with van der Waals surface area (Å²) in [6, 6.07) is 0. The summed E-state index contributed by atoms with van der Waals surface area (Å²) < 4.78 is 5.37. The topological polar surface area (TPSA) is 26.0 Å². The van der Waals surface area contributed by atoms with Gasteiger partial charge in [-0.3, -0.25) is 0 Å². The first-order valence-corrected chi connectivity index (χ1v) is 5.39. The Hall–Kier alpha value is -0.150. The van der Waals surface area contributed by atoms with E-state index in [1.807, 2.05) is 13.8 Å². The summed E-state index contributed by atoms with van der Waals surface area (Å²) in [4.78, 5) is 4.24. The summed E-state index contributed by atoms with van der Waals surface area (Å²) in [6.07, 6.45) is 0.993. The molecule has 1 aromatic rings. The SMILES string of the molecule is Cc1nc(SCCCCl)oc1C. The zero-order chi connectivity index (χ0) is 8.97. The van der Waals surface area contributed by atoms with E-state index >= 15 is 0 Å². The summed E-state index contributed by atoms with van der Waals surface area (Å²) in [5.41, 5.74) is 0.975. The zero-order valence-corrected chi connectivity index (χ0v) is 8.84. The molecule has 0 radical (unpaired) electrons. The minimum absolute atomic E-state index is 0.700. The maximum atomic E-state index is 5.54. The average Bonchev–Trinajstić information content (AvgIpc) is 2.32. The second-order valence-corrected chi connectivity index (χ2v) is 3.94. The minimum Gasteiger partial charge on any atom is -0.437 e. The standard InChI is InChI=1S/C8H12ClNOS/c1-6-7(2)11-8(10-6)12-5-3-4-9/h3-5H2,1-2H3. The van der Waals surface area contributed by atoms with Crippen LogP contribution in [0.15, 0.2) is 9.64 Å². The summed E-state index contributed by atoms with van der Waals surface area (Å²) in [7, 11) is 0. The van der Waals surface area contributed by atoms with Crippen LogP contribution in [0.5, 0.6) is 0 Å². The van der Waals surface area contributed by atoms with Crippen molar-refractivity contribution in [3.8, 4) is 0 Å². The number of hydrogen-bond donors (Lipinski definition) is 0. The lowest BCUT2D eigenvalue weighted by Gasteiger charge is -1.91. The van der Waals surface area contributed by atoms with Crippen LogP contribution in [0.4, 0.5) is 0 Å². The number of hydrogen-bond acceptors (Lipinski definition) is 3. The summed E-state index contributed by atoms with van der Waals surface area (Å²) >= 11 is 7.16. The fourth-order valence-corrected chi connectivity index (χ4v) is 1.86. The van der Waals surface area contributed by atoms with Crippen molar-refractivity contribution in [1.29, 1.82) is 0 Å². The number of alkyl halides is 1. The van der Waals surface area contributed by atoms with E-state index in [-0.39, 0.29) is 0 Å². The molecule has 0 N–H and O–H groups in total. The molecule has 1 rings (SSSR count). The molecule has 0 unspecified atom stereocenters. The Bertz CT molecular complexity index is 230. The van der Waals surface area contributed by atoms with Crippen LogP contribution in [0.2, 0.25) is 0 Å². The molecule has 0 aliphatic carbocycles. The Morgan fingerprint density at radius 1 is 1.50 bits per heavy atom. The minimum atomic E-state index is 0.700. The van der Waals surface area contributed by atoms with Gasteiger partial charge < -0.3 is 4.42 Å². The molecule has 0 saturated heterocycles. The lowest BCUT2D eigenvalue weighted by molar-refractivity contribution is 0.431. The molecule has 1 aromatic heterocycles. The Kier molecular flexibility index (Phi) is 3.95. The van der Waals surface area contributed by atoms with Crippen molar-refractivity contribution in [3.05, 3.63) is 11.5 Å². The summed E-state index contributed by atoms with van der Waals surface area (Å²) in [5, 5.41) is 0.759. The highest BCUT2D eigenvalue weighted by atomic mass is 35.5. The number of rotatable bonds is 4. The predicted molar refractivity (Wildman–Crippen MR) is 52.0 cm³/mol. The Morgan fingerprint density at radius 3 is 2.75 bits per heavy atom. The van der Waals surface area contributed by atoms with Crippen LogP contribution in [0, 0.1) is 13.8 Å². The molecule has 0 spiro atoms. The van der Waals surface area contributed by atoms with Crippen molar-refractivity contribution in [2.24, 2.45) is 0 Å². The molecule has 68 valence electrons. The zero-order valence-electron chi connectivity index (χ0n) is 7.26. The van der Waals surface area contributed by atoms with Gasteiger partial charge in [0.1, 0.15) is 5.76 Å². The van der Waals surface area contributed by atoms with Gasteiger partial charge in [-0.1, -0.05) is 11.8 Å². The summed E-state index contributed by atoms with van der Waals surface area (Å²) in [6.45, 7) is 3.87. The van der Waals surface area contributed by atoms with E-state index in [9.17, 15) is 0 Å². The van der Waals surface area contributed by atoms with Crippen molar-refractivity contribution in [1.82, 2.24) is 4.98 Å². The lowest BCUT2D eigenvalue weighted by Crippen LogP contribution is -1.80. The highest BCUT2D eigenvalue weighted by Gasteiger charge is 2.04. The molecule has 0 atom stereocenters. The van der Waals surface area contributed by atoms with E-state index in [4.69, 9.17) is 16.0 Å². The third-order valence-corrected chi connectivity index (χ3v) is 2.69. The van der Waals surface area contributed by atoms with E-state index in [1.54, 1.807) is 11.8 Å². The molecule has 4 heteroatoms. The largest absolute Gasteiger partial charge is 0.437 e. The van der Waals surface area contributed by atoms with Gasteiger partial charge in [-0.05, 0) is 20.3 Å². The molecule has 0 fully saturated rings. The number of aryl methyl sites for hydroxylation is 2. The van der Waals surface area contributed by atoms with Gasteiger partial charge in [0.2, 0.25) is 0 Å². The van der Waals surface area contributed by atoms with Gasteiger partial charge in [-0.25, -0.2) is 4.98 Å². The Labute approximate surface area is 81.7 Å². The van der Waals surface area contributed by atoms with E-state index in [0.717, 1.165) is 28.9 Å². The highest BCUT2D eigenvalue weighted by Crippen LogP contribution is 2.20. The molecular weight excluding hydrogens is 194 g/mol. The van der Waals surface area contributed by atoms with Gasteiger partial charge in [0.15, 0.2) is 0 Å². The molecule has 0 bridgehead atoms. The number of nitrogens with zero attached hydrogens (tertiary/aromatic N) is 1. The van der Waals surface area contributed by atoms with Crippen molar-refractivity contribution < 1.29 is 4.42 Å². The first-order chi connectivity index (χ1) is 5.74. The molecule has 0 aliphatic heterocycles. The Balaban J connectivity index is 2.42. The molecule has 0 saturated carbocycles. The van der Waals surface area contributed by atoms with Crippen LogP contribution < -0.4 is 0 Å². The van der Waals surface area contributed by atoms with Gasteiger partial charge in [0, 0.05) is 11.6 Å². The number of halogens is 1. The van der Waals surface area contributed by atoms with Gasteiger partial charge in [-0.2, -0.15) is 0 Å². The van der Waals surface area contributed by atoms with Crippen molar-refractivity contribution in [2.45, 2.75) is 25.5 Å². The fraction of sp³-hybridized carbons (Fsp3) is 0.625. The second-order valence-electron chi connectivity index (χ2n) is 2.51. The van der Waals surface area contributed by atoms with Crippen LogP contribution >= 0.6 is 23.4 Å². The number of aromatic nitrogens is 1. The quantitative estimate of drug-likeness (QED) is 0.430. The van der Waals surface area contributed by atoms with Gasteiger partial charge in [0.05, 0.1) is 5.69 Å². The fourth-order valence-electron chi connectivity index (χ4n) is 0.719. The Morgan fingerprint density at radius 2 is 2.25 bits per heavy atom. The van der Waals surface area contributed by atoms with E-state index in [1.165, 1.54) is 0 Å². The van der Waals surface area contributed by atoms with Gasteiger partial charge in [0.25, 0.3) is 5.22 Å². The van der Waals surface area contributed by atoms with Crippen molar-refractivity contribution in [2.75, 3.05) is 11.6 Å². The maximum Gasteiger partial charge on any atom is 0.256 e. The second kappa shape index (κ2) is 4.77. The molecule has 12 heavy (non-hydrogen) atoms. The van der Waals surface area contributed by atoms with Crippen LogP contribution in [-0.4, -0.2) is 16.6 Å². The van der Waals surface area contributed by atoms with Crippen molar-refractivity contribution in [3.63, 3.8) is 0 Å². The first kappa shape index (κ1) is 9.93. The maximum absolute atomic E-state index is 5.54. The number of oxazole rings is 1. The average molecular weight is 206 g/mol. The lowest BCUT2D eigenvalue weighted by atomic mass is 10.4. The predicted octanol–water partition coefficient (Wildman–Crippen LogP) is 3.01. The van der Waals surface area contributed by atoms with Crippen LogP contribution in [-0.2, 0) is 0 Å². The monoisotopic (exact) mass is 205 g/mol.